The van der Waals surface area contributed by atoms with Crippen molar-refractivity contribution in [3.05, 3.63) is 59.2 Å². The molecule has 1 atom stereocenters. The lowest BCUT2D eigenvalue weighted by atomic mass is 9.92. The number of benzene rings is 2. The van der Waals surface area contributed by atoms with E-state index < -0.39 is 6.10 Å². The molecular weight excluding hydrogens is 376 g/mol. The second-order valence-electron chi connectivity index (χ2n) is 8.89. The van der Waals surface area contributed by atoms with Crippen molar-refractivity contribution in [1.82, 2.24) is 5.32 Å². The Kier molecular flexibility index (Phi) is 6.80. The summed E-state index contributed by atoms with van der Waals surface area (Å²) in [5.74, 6) is 0.240. The average molecular weight is 409 g/mol. The van der Waals surface area contributed by atoms with Crippen molar-refractivity contribution in [2.24, 2.45) is 0 Å². The van der Waals surface area contributed by atoms with Crippen LogP contribution in [0.2, 0.25) is 0 Å². The Labute approximate surface area is 179 Å². The fraction of sp³-hybridized carbons (Fsp3) is 0.440. The van der Waals surface area contributed by atoms with Crippen molar-refractivity contribution in [2.75, 3.05) is 5.32 Å². The lowest BCUT2D eigenvalue weighted by molar-refractivity contribution is -0.122. The molecule has 0 aliphatic heterocycles. The number of anilines is 1. The highest BCUT2D eigenvalue weighted by Gasteiger charge is 2.23. The van der Waals surface area contributed by atoms with Crippen molar-refractivity contribution in [1.29, 1.82) is 0 Å². The second kappa shape index (κ2) is 9.33. The van der Waals surface area contributed by atoms with Gasteiger partial charge in [0.05, 0.1) is 11.3 Å². The van der Waals surface area contributed by atoms with Gasteiger partial charge in [-0.1, -0.05) is 25.1 Å². The number of nitrogens with one attached hydrogen (secondary N) is 2. The number of amides is 2. The van der Waals surface area contributed by atoms with Gasteiger partial charge in [-0.15, -0.1) is 0 Å². The third kappa shape index (κ3) is 5.62. The van der Waals surface area contributed by atoms with Gasteiger partial charge in [0.2, 0.25) is 0 Å². The largest absolute Gasteiger partial charge is 0.481 e. The third-order valence-electron chi connectivity index (χ3n) is 5.18. The summed E-state index contributed by atoms with van der Waals surface area (Å²) >= 11 is 0. The number of hydrogen-bond acceptors (Lipinski definition) is 3. The highest BCUT2D eigenvalue weighted by molar-refractivity contribution is 6.04. The van der Waals surface area contributed by atoms with Gasteiger partial charge < -0.3 is 15.4 Å². The first-order valence-corrected chi connectivity index (χ1v) is 10.8. The van der Waals surface area contributed by atoms with Gasteiger partial charge in [0.15, 0.2) is 6.10 Å². The molecule has 2 aromatic rings. The monoisotopic (exact) mass is 408 g/mol. The summed E-state index contributed by atoms with van der Waals surface area (Å²) in [6.45, 7) is 7.68. The van der Waals surface area contributed by atoms with E-state index in [2.05, 4.69) is 22.8 Å². The maximum absolute atomic E-state index is 12.9. The predicted molar refractivity (Wildman–Crippen MR) is 120 cm³/mol. The zero-order valence-electron chi connectivity index (χ0n) is 18.4. The van der Waals surface area contributed by atoms with Crippen LogP contribution in [0, 0.1) is 0 Å². The molecule has 30 heavy (non-hydrogen) atoms. The molecule has 0 heterocycles. The van der Waals surface area contributed by atoms with Gasteiger partial charge in [-0.2, -0.15) is 0 Å². The van der Waals surface area contributed by atoms with Gasteiger partial charge in [0.25, 0.3) is 11.8 Å². The van der Waals surface area contributed by atoms with E-state index >= 15 is 0 Å². The van der Waals surface area contributed by atoms with E-state index in [9.17, 15) is 9.59 Å². The fourth-order valence-electron chi connectivity index (χ4n) is 3.68. The number of hydrogen-bond donors (Lipinski definition) is 2. The molecule has 0 unspecified atom stereocenters. The Morgan fingerprint density at radius 2 is 1.73 bits per heavy atom. The van der Waals surface area contributed by atoms with E-state index in [0.29, 0.717) is 17.7 Å². The fourth-order valence-corrected chi connectivity index (χ4v) is 3.68. The standard InChI is InChI=1S/C25H32N2O3/c1-5-22(30-19-15-14-17-10-6-7-11-18(17)16-19)24(29)26-21-13-9-8-12-20(21)23(28)27-25(2,3)4/h8-9,12-16,22H,5-7,10-11H2,1-4H3,(H,26,29)(H,27,28)/t22-/m0/s1. The van der Waals surface area contributed by atoms with E-state index in [1.54, 1.807) is 24.3 Å². The quantitative estimate of drug-likeness (QED) is 0.715. The minimum Gasteiger partial charge on any atom is -0.481 e. The van der Waals surface area contributed by atoms with Crippen molar-refractivity contribution >= 4 is 17.5 Å². The number of rotatable bonds is 6. The van der Waals surface area contributed by atoms with Crippen molar-refractivity contribution < 1.29 is 14.3 Å². The Morgan fingerprint density at radius 1 is 1.03 bits per heavy atom. The molecule has 1 aliphatic carbocycles. The van der Waals surface area contributed by atoms with Crippen LogP contribution in [0.5, 0.6) is 5.75 Å². The van der Waals surface area contributed by atoms with E-state index in [4.69, 9.17) is 4.74 Å². The summed E-state index contributed by atoms with van der Waals surface area (Å²) in [4.78, 5) is 25.6. The van der Waals surface area contributed by atoms with E-state index in [1.807, 2.05) is 33.8 Å². The summed E-state index contributed by atoms with van der Waals surface area (Å²) in [6, 6.07) is 13.2. The Hall–Kier alpha value is -2.82. The molecule has 5 nitrogen and oxygen atoms in total. The molecule has 160 valence electrons. The first kappa shape index (κ1) is 21.9. The summed E-state index contributed by atoms with van der Waals surface area (Å²) in [7, 11) is 0. The number of carbonyl (C=O) groups excluding carboxylic acids is 2. The molecule has 0 fully saturated rings. The molecule has 1 aliphatic rings. The molecule has 0 saturated heterocycles. The van der Waals surface area contributed by atoms with Gasteiger partial charge in [0.1, 0.15) is 5.75 Å². The molecule has 2 aromatic carbocycles. The molecular formula is C25H32N2O3. The maximum Gasteiger partial charge on any atom is 0.265 e. The molecule has 2 N–H and O–H groups in total. The number of para-hydroxylation sites is 1. The average Bonchev–Trinajstić information content (AvgIpc) is 2.71. The summed E-state index contributed by atoms with van der Waals surface area (Å²) < 4.78 is 6.03. The Balaban J connectivity index is 1.72. The van der Waals surface area contributed by atoms with Crippen LogP contribution in [0.1, 0.15) is 68.4 Å². The smallest absolute Gasteiger partial charge is 0.265 e. The summed E-state index contributed by atoms with van der Waals surface area (Å²) in [6.07, 6.45) is 4.49. The van der Waals surface area contributed by atoms with Crippen LogP contribution in [-0.2, 0) is 17.6 Å². The minimum atomic E-state index is -0.634. The van der Waals surface area contributed by atoms with E-state index in [0.717, 1.165) is 18.6 Å². The second-order valence-corrected chi connectivity index (χ2v) is 8.89. The normalized spacial score (nSPS) is 14.4. The molecule has 2 amide bonds. The number of carbonyl (C=O) groups is 2. The van der Waals surface area contributed by atoms with Gasteiger partial charge in [-0.3, -0.25) is 9.59 Å². The lowest BCUT2D eigenvalue weighted by Crippen LogP contribution is -2.41. The number of ether oxygens (including phenoxy) is 1. The molecule has 0 aromatic heterocycles. The summed E-state index contributed by atoms with van der Waals surface area (Å²) in [5, 5.41) is 5.83. The molecule has 3 rings (SSSR count). The van der Waals surface area contributed by atoms with Crippen LogP contribution < -0.4 is 15.4 Å². The van der Waals surface area contributed by atoms with Crippen LogP contribution in [0.3, 0.4) is 0 Å². The molecule has 5 heteroatoms. The SMILES string of the molecule is CC[C@H](Oc1ccc2c(c1)CCCC2)C(=O)Nc1ccccc1C(=O)NC(C)(C)C. The highest BCUT2D eigenvalue weighted by atomic mass is 16.5. The predicted octanol–water partition coefficient (Wildman–Crippen LogP) is 4.89. The number of fused-ring (bicyclic) bond motifs is 1. The molecule has 0 radical (unpaired) electrons. The van der Waals surface area contributed by atoms with Crippen LogP contribution in [0.15, 0.2) is 42.5 Å². The van der Waals surface area contributed by atoms with Gasteiger partial charge in [-0.25, -0.2) is 0 Å². The van der Waals surface area contributed by atoms with Gasteiger partial charge in [-0.05, 0) is 88.3 Å². The minimum absolute atomic E-state index is 0.220. The Morgan fingerprint density at radius 3 is 2.43 bits per heavy atom. The third-order valence-corrected chi connectivity index (χ3v) is 5.18. The van der Waals surface area contributed by atoms with Crippen LogP contribution >= 0.6 is 0 Å². The van der Waals surface area contributed by atoms with Crippen molar-refractivity contribution in [3.63, 3.8) is 0 Å². The zero-order valence-corrected chi connectivity index (χ0v) is 18.4. The first-order valence-electron chi connectivity index (χ1n) is 10.8. The lowest BCUT2D eigenvalue weighted by Gasteiger charge is -2.23. The topological polar surface area (TPSA) is 67.4 Å². The number of aryl methyl sites for hydroxylation is 2. The van der Waals surface area contributed by atoms with E-state index in [-0.39, 0.29) is 17.4 Å². The van der Waals surface area contributed by atoms with E-state index in [1.165, 1.54) is 24.0 Å². The van der Waals surface area contributed by atoms with Gasteiger partial charge in [0, 0.05) is 5.54 Å². The van der Waals surface area contributed by atoms with Gasteiger partial charge >= 0.3 is 0 Å². The van der Waals surface area contributed by atoms with Crippen LogP contribution in [0.25, 0.3) is 0 Å². The maximum atomic E-state index is 12.9. The highest BCUT2D eigenvalue weighted by Crippen LogP contribution is 2.26. The summed E-state index contributed by atoms with van der Waals surface area (Å²) in [5.41, 5.74) is 3.25. The first-order chi connectivity index (χ1) is 14.3. The molecule has 0 saturated carbocycles. The van der Waals surface area contributed by atoms with Crippen molar-refractivity contribution in [3.8, 4) is 5.75 Å². The molecule has 0 spiro atoms. The van der Waals surface area contributed by atoms with Crippen LogP contribution in [-0.4, -0.2) is 23.5 Å². The molecule has 0 bridgehead atoms. The zero-order chi connectivity index (χ0) is 21.7. The van der Waals surface area contributed by atoms with Crippen LogP contribution in [0.4, 0.5) is 5.69 Å². The Bertz CT molecular complexity index is 915. The van der Waals surface area contributed by atoms with Crippen molar-refractivity contribution in [2.45, 2.75) is 71.4 Å².